The minimum Gasteiger partial charge on any atom is -0.391 e. The molecule has 1 saturated carbocycles. The molecule has 2 N–H and O–H groups in total. The van der Waals surface area contributed by atoms with E-state index >= 15 is 0 Å². The van der Waals surface area contributed by atoms with Crippen LogP contribution in [0.25, 0.3) is 4.85 Å². The Labute approximate surface area is 120 Å². The number of benzene rings is 1. The van der Waals surface area contributed by atoms with Crippen LogP contribution in [0.3, 0.4) is 0 Å². The average molecular weight is 293 g/mol. The highest BCUT2D eigenvalue weighted by atomic mass is 32.2. The predicted molar refractivity (Wildman–Crippen MR) is 79.4 cm³/mol. The molecule has 1 aliphatic rings. The number of nitrogens with one attached hydrogen (secondary N) is 2. The summed E-state index contributed by atoms with van der Waals surface area (Å²) in [5.74, 6) is 0. The molecule has 1 aromatic rings. The predicted octanol–water partition coefficient (Wildman–Crippen LogP) is 2.89. The molecule has 0 aliphatic heterocycles. The SMILES string of the molecule is [C-]#[N+]c1cc(S(=O)(=O)NC)ccc1NC1CCCCC1. The van der Waals surface area contributed by atoms with Gasteiger partial charge < -0.3 is 5.32 Å². The van der Waals surface area contributed by atoms with Gasteiger partial charge in [-0.15, -0.1) is 0 Å². The molecule has 5 nitrogen and oxygen atoms in total. The van der Waals surface area contributed by atoms with E-state index in [1.54, 1.807) is 6.07 Å². The zero-order valence-corrected chi connectivity index (χ0v) is 12.3. The van der Waals surface area contributed by atoms with Gasteiger partial charge in [-0.2, -0.15) is 0 Å². The van der Waals surface area contributed by atoms with Gasteiger partial charge in [-0.1, -0.05) is 19.3 Å². The zero-order chi connectivity index (χ0) is 14.6. The lowest BCUT2D eigenvalue weighted by atomic mass is 9.95. The summed E-state index contributed by atoms with van der Waals surface area (Å²) < 4.78 is 25.7. The minimum absolute atomic E-state index is 0.125. The average Bonchev–Trinajstić information content (AvgIpc) is 2.48. The van der Waals surface area contributed by atoms with Crippen molar-refractivity contribution in [1.29, 1.82) is 0 Å². The third-order valence-corrected chi connectivity index (χ3v) is 5.05. The van der Waals surface area contributed by atoms with Crippen LogP contribution >= 0.6 is 0 Å². The Bertz CT molecular complexity index is 614. The number of hydrogen-bond acceptors (Lipinski definition) is 3. The molecule has 0 atom stereocenters. The molecule has 1 fully saturated rings. The Kier molecular flexibility index (Phi) is 4.63. The Balaban J connectivity index is 2.24. The van der Waals surface area contributed by atoms with Crippen molar-refractivity contribution < 1.29 is 8.42 Å². The Hall–Kier alpha value is -1.58. The quantitative estimate of drug-likeness (QED) is 0.839. The lowest BCUT2D eigenvalue weighted by molar-refractivity contribution is 0.463. The molecular weight excluding hydrogens is 274 g/mol. The van der Waals surface area contributed by atoms with Crippen LogP contribution in [0.15, 0.2) is 23.1 Å². The maximum absolute atomic E-state index is 11.7. The van der Waals surface area contributed by atoms with Gasteiger partial charge in [0.25, 0.3) is 0 Å². The summed E-state index contributed by atoms with van der Waals surface area (Å²) in [4.78, 5) is 3.56. The summed E-state index contributed by atoms with van der Waals surface area (Å²) in [5.41, 5.74) is 1.08. The van der Waals surface area contributed by atoms with E-state index < -0.39 is 10.0 Å². The molecule has 0 unspecified atom stereocenters. The third-order valence-electron chi connectivity index (χ3n) is 3.63. The maximum Gasteiger partial charge on any atom is 0.239 e. The number of nitrogens with zero attached hydrogens (tertiary/aromatic N) is 1. The van der Waals surface area contributed by atoms with Crippen molar-refractivity contribution in [2.45, 2.75) is 43.0 Å². The smallest absolute Gasteiger partial charge is 0.239 e. The lowest BCUT2D eigenvalue weighted by Gasteiger charge is -2.24. The van der Waals surface area contributed by atoms with E-state index in [0.29, 0.717) is 11.7 Å². The van der Waals surface area contributed by atoms with Crippen molar-refractivity contribution in [1.82, 2.24) is 4.72 Å². The van der Waals surface area contributed by atoms with E-state index in [2.05, 4.69) is 14.9 Å². The number of anilines is 1. The van der Waals surface area contributed by atoms with Gasteiger partial charge in [0, 0.05) is 11.7 Å². The molecular formula is C14H19N3O2S. The van der Waals surface area contributed by atoms with E-state index in [9.17, 15) is 8.42 Å². The van der Waals surface area contributed by atoms with Crippen LogP contribution in [0.4, 0.5) is 11.4 Å². The van der Waals surface area contributed by atoms with Crippen molar-refractivity contribution in [3.8, 4) is 0 Å². The molecule has 0 heterocycles. The van der Waals surface area contributed by atoms with Crippen molar-refractivity contribution in [2.75, 3.05) is 12.4 Å². The van der Waals surface area contributed by atoms with Gasteiger partial charge in [-0.25, -0.2) is 18.0 Å². The summed E-state index contributed by atoms with van der Waals surface area (Å²) in [6.07, 6.45) is 5.89. The van der Waals surface area contributed by atoms with Gasteiger partial charge in [0.2, 0.25) is 15.7 Å². The lowest BCUT2D eigenvalue weighted by Crippen LogP contribution is -2.22. The van der Waals surface area contributed by atoms with E-state index in [1.807, 2.05) is 0 Å². The summed E-state index contributed by atoms with van der Waals surface area (Å²) >= 11 is 0. The standard InChI is InChI=1S/C14H19N3O2S/c1-15-14-10-12(20(18,19)16-2)8-9-13(14)17-11-6-4-3-5-7-11/h8-11,16-17H,3-7H2,2H3. The molecule has 2 rings (SSSR count). The molecule has 0 radical (unpaired) electrons. The first-order valence-electron chi connectivity index (χ1n) is 6.78. The molecule has 20 heavy (non-hydrogen) atoms. The van der Waals surface area contributed by atoms with E-state index in [-0.39, 0.29) is 4.90 Å². The number of sulfonamides is 1. The fourth-order valence-corrected chi connectivity index (χ4v) is 3.23. The molecule has 0 bridgehead atoms. The molecule has 6 heteroatoms. The molecule has 0 amide bonds. The Morgan fingerprint density at radius 1 is 1.25 bits per heavy atom. The number of rotatable bonds is 4. The molecule has 1 aromatic carbocycles. The summed E-state index contributed by atoms with van der Waals surface area (Å²) in [6.45, 7) is 7.23. The highest BCUT2D eigenvalue weighted by molar-refractivity contribution is 7.89. The Morgan fingerprint density at radius 3 is 2.55 bits per heavy atom. The fourth-order valence-electron chi connectivity index (χ4n) is 2.48. The van der Waals surface area contributed by atoms with Crippen LogP contribution < -0.4 is 10.0 Å². The molecule has 0 saturated heterocycles. The van der Waals surface area contributed by atoms with Crippen LogP contribution in [0.2, 0.25) is 0 Å². The van der Waals surface area contributed by atoms with Crippen molar-refractivity contribution >= 4 is 21.4 Å². The van der Waals surface area contributed by atoms with Crippen LogP contribution in [-0.4, -0.2) is 21.5 Å². The van der Waals surface area contributed by atoms with Gasteiger partial charge >= 0.3 is 0 Å². The highest BCUT2D eigenvalue weighted by Gasteiger charge is 2.17. The van der Waals surface area contributed by atoms with E-state index in [0.717, 1.165) is 18.5 Å². The van der Waals surface area contributed by atoms with Crippen LogP contribution in [-0.2, 0) is 10.0 Å². The normalized spacial score (nSPS) is 16.6. The molecule has 0 spiro atoms. The first-order valence-corrected chi connectivity index (χ1v) is 8.27. The van der Waals surface area contributed by atoms with Crippen LogP contribution in [0.1, 0.15) is 32.1 Å². The van der Waals surface area contributed by atoms with Gasteiger partial charge in [-0.3, -0.25) is 0 Å². The van der Waals surface area contributed by atoms with E-state index in [1.165, 1.54) is 38.4 Å². The first-order chi connectivity index (χ1) is 9.56. The zero-order valence-electron chi connectivity index (χ0n) is 11.5. The fraction of sp³-hybridized carbons (Fsp3) is 0.500. The highest BCUT2D eigenvalue weighted by Crippen LogP contribution is 2.31. The second-order valence-corrected chi connectivity index (χ2v) is 6.86. The van der Waals surface area contributed by atoms with Gasteiger partial charge in [0.1, 0.15) is 0 Å². The molecule has 1 aliphatic carbocycles. The van der Waals surface area contributed by atoms with Crippen molar-refractivity contribution in [3.63, 3.8) is 0 Å². The summed E-state index contributed by atoms with van der Waals surface area (Å²) in [6, 6.07) is 5.03. The van der Waals surface area contributed by atoms with Crippen LogP contribution in [0, 0.1) is 6.57 Å². The first kappa shape index (κ1) is 14.8. The van der Waals surface area contributed by atoms with Crippen molar-refractivity contribution in [3.05, 3.63) is 29.6 Å². The maximum atomic E-state index is 11.7. The minimum atomic E-state index is -3.50. The van der Waals surface area contributed by atoms with Gasteiger partial charge in [0.15, 0.2) is 0 Å². The largest absolute Gasteiger partial charge is 0.391 e. The second-order valence-electron chi connectivity index (χ2n) is 4.98. The monoisotopic (exact) mass is 293 g/mol. The molecule has 0 aromatic heterocycles. The third kappa shape index (κ3) is 3.30. The molecule has 108 valence electrons. The second kappa shape index (κ2) is 6.25. The van der Waals surface area contributed by atoms with Crippen molar-refractivity contribution in [2.24, 2.45) is 0 Å². The summed E-state index contributed by atoms with van der Waals surface area (Å²) in [5, 5.41) is 3.37. The van der Waals surface area contributed by atoms with Gasteiger partial charge in [-0.05, 0) is 38.1 Å². The van der Waals surface area contributed by atoms with E-state index in [4.69, 9.17) is 6.57 Å². The number of hydrogen-bond donors (Lipinski definition) is 2. The van der Waals surface area contributed by atoms with Gasteiger partial charge in [0.05, 0.1) is 11.5 Å². The topological polar surface area (TPSA) is 62.6 Å². The van der Waals surface area contributed by atoms with Crippen LogP contribution in [0.5, 0.6) is 0 Å². The summed E-state index contributed by atoms with van der Waals surface area (Å²) in [7, 11) is -2.14. The Morgan fingerprint density at radius 2 is 1.95 bits per heavy atom.